The fourth-order valence-electron chi connectivity index (χ4n) is 2.48. The zero-order chi connectivity index (χ0) is 14.8. The summed E-state index contributed by atoms with van der Waals surface area (Å²) in [6.45, 7) is -2.71. The molecule has 0 spiro atoms. The van der Waals surface area contributed by atoms with Gasteiger partial charge in [-0.3, -0.25) is 9.36 Å². The Morgan fingerprint density at radius 2 is 2.19 bits per heavy atom. The van der Waals surface area contributed by atoms with Gasteiger partial charge in [0.25, 0.3) is 0 Å². The number of aromatic nitrogens is 2. The Morgan fingerprint density at radius 1 is 1.33 bits per heavy atom. The van der Waals surface area contributed by atoms with Gasteiger partial charge in [0.1, 0.15) is 12.4 Å². The summed E-state index contributed by atoms with van der Waals surface area (Å²) in [5, 5.41) is 0. The van der Waals surface area contributed by atoms with Crippen LogP contribution < -0.4 is 4.74 Å². The molecule has 2 aromatic rings. The fourth-order valence-corrected chi connectivity index (χ4v) is 2.48. The van der Waals surface area contributed by atoms with Crippen LogP contribution in [0.4, 0.5) is 8.78 Å². The van der Waals surface area contributed by atoms with Gasteiger partial charge in [-0.2, -0.15) is 8.78 Å². The minimum absolute atomic E-state index is 0.0652. The minimum atomic E-state index is -2.64. The quantitative estimate of drug-likeness (QED) is 0.867. The van der Waals surface area contributed by atoms with Gasteiger partial charge in [-0.15, -0.1) is 0 Å². The minimum Gasteiger partial charge on any atom is -0.486 e. The molecule has 0 aliphatic heterocycles. The van der Waals surface area contributed by atoms with Crippen LogP contribution in [-0.4, -0.2) is 15.3 Å². The van der Waals surface area contributed by atoms with Crippen LogP contribution in [-0.2, 0) is 13.0 Å². The van der Waals surface area contributed by atoms with Crippen LogP contribution in [0.2, 0.25) is 0 Å². The number of ether oxygens (including phenoxy) is 1. The Kier molecular flexibility index (Phi) is 3.68. The predicted molar refractivity (Wildman–Crippen MR) is 71.5 cm³/mol. The molecule has 1 aromatic heterocycles. The Balaban J connectivity index is 1.75. The lowest BCUT2D eigenvalue weighted by molar-refractivity contribution is 0.0632. The standard InChI is InChI=1S/C15H14F2N2O2/c16-15(17)19-7-6-18-14(19)9-21-11-5-4-10-2-1-3-13(20)12(10)8-11/h4-8,15H,1-3,9H2. The molecule has 0 fully saturated rings. The van der Waals surface area contributed by atoms with E-state index in [1.54, 1.807) is 12.1 Å². The largest absolute Gasteiger partial charge is 0.486 e. The highest BCUT2D eigenvalue weighted by atomic mass is 19.3. The maximum atomic E-state index is 12.7. The number of hydrogen-bond acceptors (Lipinski definition) is 3. The molecule has 0 N–H and O–H groups in total. The Labute approximate surface area is 120 Å². The summed E-state index contributed by atoms with van der Waals surface area (Å²) in [4.78, 5) is 15.7. The summed E-state index contributed by atoms with van der Waals surface area (Å²) in [5.41, 5.74) is 1.70. The monoisotopic (exact) mass is 292 g/mol. The lowest BCUT2D eigenvalue weighted by Crippen LogP contribution is -2.11. The normalized spacial score (nSPS) is 14.3. The number of imidazole rings is 1. The topological polar surface area (TPSA) is 44.1 Å². The van der Waals surface area contributed by atoms with Gasteiger partial charge in [-0.25, -0.2) is 4.98 Å². The van der Waals surface area contributed by atoms with Crippen LogP contribution in [0.25, 0.3) is 0 Å². The van der Waals surface area contributed by atoms with Crippen molar-refractivity contribution in [2.75, 3.05) is 0 Å². The van der Waals surface area contributed by atoms with Crippen molar-refractivity contribution in [3.63, 3.8) is 0 Å². The molecule has 1 aromatic carbocycles. The van der Waals surface area contributed by atoms with Crippen molar-refractivity contribution in [1.29, 1.82) is 0 Å². The highest BCUT2D eigenvalue weighted by molar-refractivity contribution is 5.98. The Bertz CT molecular complexity index is 667. The van der Waals surface area contributed by atoms with E-state index in [2.05, 4.69) is 4.98 Å². The number of alkyl halides is 2. The van der Waals surface area contributed by atoms with E-state index in [0.29, 0.717) is 17.7 Å². The molecule has 21 heavy (non-hydrogen) atoms. The number of carbonyl (C=O) groups is 1. The first-order chi connectivity index (χ1) is 10.1. The molecule has 1 aliphatic rings. The van der Waals surface area contributed by atoms with Crippen molar-refractivity contribution in [2.24, 2.45) is 0 Å². The van der Waals surface area contributed by atoms with Crippen molar-refractivity contribution in [2.45, 2.75) is 32.4 Å². The SMILES string of the molecule is O=C1CCCc2ccc(OCc3nccn3C(F)F)cc21. The molecule has 3 rings (SSSR count). The molecule has 6 heteroatoms. The van der Waals surface area contributed by atoms with Crippen molar-refractivity contribution in [3.05, 3.63) is 47.5 Å². The summed E-state index contributed by atoms with van der Waals surface area (Å²) in [6, 6.07) is 5.31. The number of fused-ring (bicyclic) bond motifs is 1. The first kappa shape index (κ1) is 13.7. The van der Waals surface area contributed by atoms with E-state index in [9.17, 15) is 13.6 Å². The van der Waals surface area contributed by atoms with Crippen LogP contribution in [0.5, 0.6) is 5.75 Å². The smallest absolute Gasteiger partial charge is 0.320 e. The molecule has 0 amide bonds. The number of halogens is 2. The van der Waals surface area contributed by atoms with Crippen LogP contribution in [0.1, 0.15) is 41.1 Å². The second-order valence-corrected chi connectivity index (χ2v) is 4.91. The van der Waals surface area contributed by atoms with Crippen molar-refractivity contribution >= 4 is 5.78 Å². The molecule has 0 atom stereocenters. The summed E-state index contributed by atoms with van der Waals surface area (Å²) in [7, 11) is 0. The molecule has 0 bridgehead atoms. The van der Waals surface area contributed by atoms with Crippen molar-refractivity contribution in [1.82, 2.24) is 9.55 Å². The van der Waals surface area contributed by atoms with Gasteiger partial charge < -0.3 is 4.74 Å². The second kappa shape index (κ2) is 5.63. The van der Waals surface area contributed by atoms with Gasteiger partial charge in [-0.05, 0) is 30.5 Å². The van der Waals surface area contributed by atoms with Crippen LogP contribution in [0.15, 0.2) is 30.6 Å². The maximum absolute atomic E-state index is 12.7. The molecule has 1 heterocycles. The number of Topliss-reactive ketones (excluding diaryl/α,β-unsaturated/α-hetero) is 1. The average Bonchev–Trinajstić information content (AvgIpc) is 2.94. The first-order valence-electron chi connectivity index (χ1n) is 6.74. The summed E-state index contributed by atoms with van der Waals surface area (Å²) in [6.07, 6.45) is 4.82. The average molecular weight is 292 g/mol. The lowest BCUT2D eigenvalue weighted by Gasteiger charge is -2.16. The number of benzene rings is 1. The van der Waals surface area contributed by atoms with Gasteiger partial charge in [-0.1, -0.05) is 6.07 Å². The number of ketones is 1. The summed E-state index contributed by atoms with van der Waals surface area (Å²) < 4.78 is 31.6. The van der Waals surface area contributed by atoms with Crippen molar-refractivity contribution in [3.8, 4) is 5.75 Å². The zero-order valence-corrected chi connectivity index (χ0v) is 11.3. The number of hydrogen-bond donors (Lipinski definition) is 0. The van der Waals surface area contributed by atoms with Gasteiger partial charge >= 0.3 is 6.55 Å². The Hall–Kier alpha value is -2.24. The zero-order valence-electron chi connectivity index (χ0n) is 11.3. The summed E-state index contributed by atoms with van der Waals surface area (Å²) in [5.74, 6) is 0.748. The van der Waals surface area contributed by atoms with Gasteiger partial charge in [0.05, 0.1) is 0 Å². The lowest BCUT2D eigenvalue weighted by atomic mass is 9.90. The van der Waals surface area contributed by atoms with Gasteiger partial charge in [0.2, 0.25) is 0 Å². The molecule has 0 unspecified atom stereocenters. The van der Waals surface area contributed by atoms with E-state index in [1.807, 2.05) is 6.07 Å². The molecule has 4 nitrogen and oxygen atoms in total. The third-order valence-corrected chi connectivity index (χ3v) is 3.56. The molecular weight excluding hydrogens is 278 g/mol. The molecule has 0 saturated carbocycles. The maximum Gasteiger partial charge on any atom is 0.320 e. The molecular formula is C15H14F2N2O2. The highest BCUT2D eigenvalue weighted by Gasteiger charge is 2.18. The van der Waals surface area contributed by atoms with E-state index in [1.165, 1.54) is 12.4 Å². The third-order valence-electron chi connectivity index (χ3n) is 3.56. The number of nitrogens with zero attached hydrogens (tertiary/aromatic N) is 2. The van der Waals surface area contributed by atoms with Crippen LogP contribution >= 0.6 is 0 Å². The van der Waals surface area contributed by atoms with Crippen molar-refractivity contribution < 1.29 is 18.3 Å². The molecule has 110 valence electrons. The van der Waals surface area contributed by atoms with Gasteiger partial charge in [0.15, 0.2) is 11.6 Å². The van der Waals surface area contributed by atoms with Crippen LogP contribution in [0, 0.1) is 0 Å². The number of rotatable bonds is 4. The van der Waals surface area contributed by atoms with E-state index in [0.717, 1.165) is 23.0 Å². The summed E-state index contributed by atoms with van der Waals surface area (Å²) >= 11 is 0. The van der Waals surface area contributed by atoms with E-state index < -0.39 is 6.55 Å². The number of carbonyl (C=O) groups excluding carboxylic acids is 1. The molecule has 0 saturated heterocycles. The highest BCUT2D eigenvalue weighted by Crippen LogP contribution is 2.26. The fraction of sp³-hybridized carbons (Fsp3) is 0.333. The second-order valence-electron chi connectivity index (χ2n) is 4.91. The number of aryl methyl sites for hydroxylation is 1. The first-order valence-corrected chi connectivity index (χ1v) is 6.74. The predicted octanol–water partition coefficient (Wildman–Crippen LogP) is 3.38. The van der Waals surface area contributed by atoms with E-state index in [4.69, 9.17) is 4.74 Å². The third kappa shape index (κ3) is 2.79. The van der Waals surface area contributed by atoms with Crippen LogP contribution in [0.3, 0.4) is 0 Å². The molecule has 0 radical (unpaired) electrons. The Morgan fingerprint density at radius 3 is 3.00 bits per heavy atom. The molecule has 1 aliphatic carbocycles. The van der Waals surface area contributed by atoms with E-state index >= 15 is 0 Å². The van der Waals surface area contributed by atoms with Gasteiger partial charge in [0, 0.05) is 24.4 Å². The van der Waals surface area contributed by atoms with E-state index in [-0.39, 0.29) is 18.2 Å².